The van der Waals surface area contributed by atoms with E-state index in [0.29, 0.717) is 4.88 Å². The van der Waals surface area contributed by atoms with E-state index >= 15 is 0 Å². The molecule has 5 heterocycles. The zero-order valence-electron chi connectivity index (χ0n) is 16.5. The molecule has 152 valence electrons. The van der Waals surface area contributed by atoms with Gasteiger partial charge in [-0.25, -0.2) is 9.50 Å². The molecular weight excluding hydrogens is 386 g/mol. The van der Waals surface area contributed by atoms with Crippen LogP contribution in [0.2, 0.25) is 0 Å². The second kappa shape index (κ2) is 7.38. The molecule has 0 aliphatic carbocycles. The summed E-state index contributed by atoms with van der Waals surface area (Å²) in [7, 11) is 0. The van der Waals surface area contributed by atoms with Crippen molar-refractivity contribution < 1.29 is 4.79 Å². The Morgan fingerprint density at radius 3 is 2.93 bits per heavy atom. The molecule has 2 N–H and O–H groups in total. The van der Waals surface area contributed by atoms with E-state index < -0.39 is 0 Å². The van der Waals surface area contributed by atoms with E-state index in [9.17, 15) is 4.79 Å². The SMILES string of the molecule is Cc1cn2nc([C@@H]3CCCCN3C(=O)c3cncs3)cc2nc1N1CC[C@H](N)C1. The summed E-state index contributed by atoms with van der Waals surface area (Å²) in [5, 5.41) is 4.80. The van der Waals surface area contributed by atoms with Crippen LogP contribution in [0.15, 0.2) is 24.0 Å². The van der Waals surface area contributed by atoms with Gasteiger partial charge in [-0.1, -0.05) is 0 Å². The van der Waals surface area contributed by atoms with Crippen molar-refractivity contribution in [2.75, 3.05) is 24.5 Å². The minimum atomic E-state index is -0.0241. The first-order valence-electron chi connectivity index (χ1n) is 10.2. The molecule has 0 aromatic carbocycles. The fraction of sp³-hybridized carbons (Fsp3) is 0.500. The Morgan fingerprint density at radius 2 is 2.17 bits per heavy atom. The highest BCUT2D eigenvalue weighted by atomic mass is 32.1. The fourth-order valence-corrected chi connectivity index (χ4v) is 5.00. The van der Waals surface area contributed by atoms with E-state index in [1.807, 2.05) is 21.7 Å². The van der Waals surface area contributed by atoms with Gasteiger partial charge in [0.2, 0.25) is 0 Å². The van der Waals surface area contributed by atoms with Gasteiger partial charge < -0.3 is 15.5 Å². The van der Waals surface area contributed by atoms with E-state index in [4.69, 9.17) is 15.8 Å². The first-order chi connectivity index (χ1) is 14.1. The van der Waals surface area contributed by atoms with Crippen LogP contribution in [0.25, 0.3) is 5.65 Å². The van der Waals surface area contributed by atoms with Crippen LogP contribution in [0.5, 0.6) is 0 Å². The molecule has 2 aliphatic rings. The van der Waals surface area contributed by atoms with E-state index in [0.717, 1.165) is 68.0 Å². The molecule has 2 aliphatic heterocycles. The van der Waals surface area contributed by atoms with Gasteiger partial charge in [-0.2, -0.15) is 5.10 Å². The zero-order valence-corrected chi connectivity index (χ0v) is 17.3. The van der Waals surface area contributed by atoms with E-state index in [2.05, 4.69) is 16.8 Å². The maximum atomic E-state index is 13.0. The lowest BCUT2D eigenvalue weighted by Gasteiger charge is -2.34. The van der Waals surface area contributed by atoms with Crippen LogP contribution in [0, 0.1) is 6.92 Å². The number of anilines is 1. The Bertz CT molecular complexity index is 1030. The summed E-state index contributed by atoms with van der Waals surface area (Å²) in [6.45, 7) is 4.59. The molecule has 5 rings (SSSR count). The Morgan fingerprint density at radius 1 is 1.28 bits per heavy atom. The van der Waals surface area contributed by atoms with Crippen LogP contribution in [-0.4, -0.2) is 56.1 Å². The Balaban J connectivity index is 1.48. The van der Waals surface area contributed by atoms with Gasteiger partial charge in [0.15, 0.2) is 5.65 Å². The summed E-state index contributed by atoms with van der Waals surface area (Å²) >= 11 is 1.39. The van der Waals surface area contributed by atoms with Crippen molar-refractivity contribution in [3.63, 3.8) is 0 Å². The second-order valence-corrected chi connectivity index (χ2v) is 8.88. The lowest BCUT2D eigenvalue weighted by atomic mass is 9.99. The third kappa shape index (κ3) is 3.38. The standard InChI is InChI=1S/C20H25N7OS/c1-13-10-27-18(23-19(13)25-7-5-14(21)11-25)8-15(24-27)16-4-2-3-6-26(16)20(28)17-9-22-12-29-17/h8-10,12,14,16H,2-7,11,21H2,1H3/t14-,16-/m0/s1. The maximum absolute atomic E-state index is 13.0. The molecule has 2 atom stereocenters. The number of amides is 1. The minimum Gasteiger partial charge on any atom is -0.355 e. The number of piperidine rings is 1. The molecule has 1 amide bonds. The van der Waals surface area contributed by atoms with Gasteiger partial charge in [-0.15, -0.1) is 11.3 Å². The van der Waals surface area contributed by atoms with Gasteiger partial charge in [0.05, 0.1) is 23.4 Å². The molecule has 9 heteroatoms. The fourth-order valence-electron chi connectivity index (χ4n) is 4.43. The molecule has 3 aromatic heterocycles. The third-order valence-electron chi connectivity index (χ3n) is 5.90. The van der Waals surface area contributed by atoms with E-state index in [1.54, 1.807) is 11.7 Å². The van der Waals surface area contributed by atoms with Crippen LogP contribution in [-0.2, 0) is 0 Å². The summed E-state index contributed by atoms with van der Waals surface area (Å²) in [6, 6.07) is 2.22. The van der Waals surface area contributed by atoms with Gasteiger partial charge in [0, 0.05) is 43.5 Å². The molecule has 0 saturated carbocycles. The Hall–Kier alpha value is -2.52. The zero-order chi connectivity index (χ0) is 20.0. The van der Waals surface area contributed by atoms with E-state index in [-0.39, 0.29) is 18.0 Å². The number of aromatic nitrogens is 4. The molecule has 0 spiro atoms. The van der Waals surface area contributed by atoms with Gasteiger partial charge in [0.25, 0.3) is 5.91 Å². The van der Waals surface area contributed by atoms with Gasteiger partial charge in [-0.3, -0.25) is 9.78 Å². The first kappa shape index (κ1) is 18.5. The predicted octanol–water partition coefficient (Wildman–Crippen LogP) is 2.40. The number of fused-ring (bicyclic) bond motifs is 1. The number of aryl methyl sites for hydroxylation is 1. The number of thiazole rings is 1. The number of carbonyl (C=O) groups is 1. The van der Waals surface area contributed by atoms with Crippen molar-refractivity contribution in [2.24, 2.45) is 5.73 Å². The average Bonchev–Trinajstić information content (AvgIpc) is 3.47. The van der Waals surface area contributed by atoms with Crippen molar-refractivity contribution in [1.82, 2.24) is 24.5 Å². The molecule has 2 saturated heterocycles. The molecular formula is C20H25N7OS. The number of carbonyl (C=O) groups excluding carboxylic acids is 1. The third-order valence-corrected chi connectivity index (χ3v) is 6.66. The monoisotopic (exact) mass is 411 g/mol. The number of nitrogens with zero attached hydrogens (tertiary/aromatic N) is 6. The normalized spacial score (nSPS) is 22.6. The molecule has 3 aromatic rings. The van der Waals surface area contributed by atoms with Crippen molar-refractivity contribution in [2.45, 2.75) is 44.7 Å². The van der Waals surface area contributed by atoms with Crippen LogP contribution in [0.1, 0.15) is 52.7 Å². The molecule has 0 radical (unpaired) electrons. The van der Waals surface area contributed by atoms with Crippen molar-refractivity contribution in [3.8, 4) is 0 Å². The van der Waals surface area contributed by atoms with E-state index in [1.165, 1.54) is 11.3 Å². The number of rotatable bonds is 3. The van der Waals surface area contributed by atoms with Crippen molar-refractivity contribution in [1.29, 1.82) is 0 Å². The molecule has 29 heavy (non-hydrogen) atoms. The smallest absolute Gasteiger partial charge is 0.266 e. The highest BCUT2D eigenvalue weighted by molar-refractivity contribution is 7.11. The van der Waals surface area contributed by atoms with Crippen molar-refractivity contribution in [3.05, 3.63) is 40.1 Å². The minimum absolute atomic E-state index is 0.0241. The summed E-state index contributed by atoms with van der Waals surface area (Å²) in [6.07, 6.45) is 7.71. The molecule has 0 bridgehead atoms. The second-order valence-electron chi connectivity index (χ2n) is 7.99. The molecule has 2 fully saturated rings. The Kier molecular flexibility index (Phi) is 4.71. The summed E-state index contributed by atoms with van der Waals surface area (Å²) in [5.74, 6) is 1.03. The topological polar surface area (TPSA) is 92.6 Å². The average molecular weight is 412 g/mol. The van der Waals surface area contributed by atoms with Crippen LogP contribution in [0.3, 0.4) is 0 Å². The van der Waals surface area contributed by atoms with Crippen molar-refractivity contribution >= 4 is 28.7 Å². The maximum Gasteiger partial charge on any atom is 0.266 e. The first-order valence-corrected chi connectivity index (χ1v) is 11.0. The van der Waals surface area contributed by atoms with Gasteiger partial charge in [0.1, 0.15) is 10.7 Å². The lowest BCUT2D eigenvalue weighted by molar-refractivity contribution is 0.0610. The highest BCUT2D eigenvalue weighted by Crippen LogP contribution is 2.33. The largest absolute Gasteiger partial charge is 0.355 e. The summed E-state index contributed by atoms with van der Waals surface area (Å²) in [5.41, 5.74) is 10.6. The lowest BCUT2D eigenvalue weighted by Crippen LogP contribution is -2.38. The van der Waals surface area contributed by atoms with Crippen LogP contribution in [0.4, 0.5) is 5.82 Å². The quantitative estimate of drug-likeness (QED) is 0.711. The van der Waals surface area contributed by atoms with Gasteiger partial charge in [-0.05, 0) is 32.6 Å². The number of likely N-dealkylation sites (tertiary alicyclic amines) is 1. The van der Waals surface area contributed by atoms with Crippen LogP contribution >= 0.6 is 11.3 Å². The molecule has 0 unspecified atom stereocenters. The van der Waals surface area contributed by atoms with Crippen LogP contribution < -0.4 is 10.6 Å². The Labute approximate surface area is 173 Å². The summed E-state index contributed by atoms with van der Waals surface area (Å²) < 4.78 is 1.84. The number of nitrogens with two attached hydrogens (primary N) is 1. The molecule has 8 nitrogen and oxygen atoms in total. The highest BCUT2D eigenvalue weighted by Gasteiger charge is 2.31. The van der Waals surface area contributed by atoms with Gasteiger partial charge >= 0.3 is 0 Å². The summed E-state index contributed by atoms with van der Waals surface area (Å²) in [4.78, 5) is 26.8. The number of hydrogen-bond donors (Lipinski definition) is 1. The number of hydrogen-bond acceptors (Lipinski definition) is 7. The predicted molar refractivity (Wildman–Crippen MR) is 112 cm³/mol.